The third-order valence-electron chi connectivity index (χ3n) is 2.22. The Balaban J connectivity index is 2.35. The monoisotopic (exact) mass is 297 g/mol. The molecule has 1 amide bonds. The van der Waals surface area contributed by atoms with Gasteiger partial charge >= 0.3 is 5.97 Å². The van der Waals surface area contributed by atoms with Gasteiger partial charge in [-0.25, -0.2) is 4.79 Å². The van der Waals surface area contributed by atoms with Crippen molar-refractivity contribution in [1.82, 2.24) is 5.32 Å². The van der Waals surface area contributed by atoms with E-state index in [1.165, 1.54) is 17.4 Å². The average Bonchev–Trinajstić information content (AvgIpc) is 2.84. The second-order valence-corrected chi connectivity index (χ2v) is 5.71. The third kappa shape index (κ3) is 6.49. The molecule has 0 atom stereocenters. The van der Waals surface area contributed by atoms with Crippen LogP contribution < -0.4 is 5.32 Å². The van der Waals surface area contributed by atoms with Crippen LogP contribution in [-0.2, 0) is 9.53 Å². The number of ether oxygens (including phenoxy) is 1. The van der Waals surface area contributed by atoms with E-state index >= 15 is 0 Å². The lowest BCUT2D eigenvalue weighted by molar-refractivity contribution is -0.131. The number of carboxylic acids is 1. The van der Waals surface area contributed by atoms with Crippen molar-refractivity contribution < 1.29 is 19.4 Å². The summed E-state index contributed by atoms with van der Waals surface area (Å²) in [5.41, 5.74) is 0. The van der Waals surface area contributed by atoms with Crippen molar-refractivity contribution in [2.45, 2.75) is 13.8 Å². The summed E-state index contributed by atoms with van der Waals surface area (Å²) in [5.74, 6) is -0.698. The van der Waals surface area contributed by atoms with Crippen LogP contribution in [0.5, 0.6) is 0 Å². The highest BCUT2D eigenvalue weighted by molar-refractivity contribution is 7.14. The summed E-state index contributed by atoms with van der Waals surface area (Å²) in [7, 11) is 0. The molecule has 6 heteroatoms. The summed E-state index contributed by atoms with van der Waals surface area (Å²) in [6, 6.07) is 3.39. The highest BCUT2D eigenvalue weighted by atomic mass is 32.1. The van der Waals surface area contributed by atoms with Crippen LogP contribution in [0.1, 0.15) is 28.4 Å². The molecule has 0 saturated heterocycles. The normalized spacial score (nSPS) is 11.2. The van der Waals surface area contributed by atoms with E-state index in [1.807, 2.05) is 0 Å². The molecule has 0 spiro atoms. The smallest absolute Gasteiger partial charge is 0.328 e. The molecule has 0 radical (unpaired) electrons. The summed E-state index contributed by atoms with van der Waals surface area (Å²) >= 11 is 1.25. The SMILES string of the molecule is CC(C)COCCNC(=O)c1ccc(/C=C/C(=O)O)s1. The Kier molecular flexibility index (Phi) is 6.97. The second kappa shape index (κ2) is 8.50. The Morgan fingerprint density at radius 3 is 2.85 bits per heavy atom. The lowest BCUT2D eigenvalue weighted by Gasteiger charge is -2.07. The van der Waals surface area contributed by atoms with Gasteiger partial charge in [-0.15, -0.1) is 11.3 Å². The number of aliphatic carboxylic acids is 1. The molecule has 0 aliphatic heterocycles. The van der Waals surface area contributed by atoms with E-state index in [9.17, 15) is 9.59 Å². The van der Waals surface area contributed by atoms with E-state index in [2.05, 4.69) is 19.2 Å². The predicted octanol–water partition coefficient (Wildman–Crippen LogP) is 2.25. The van der Waals surface area contributed by atoms with Crippen molar-refractivity contribution in [3.8, 4) is 0 Å². The molecule has 0 aliphatic rings. The van der Waals surface area contributed by atoms with Gasteiger partial charge in [0.25, 0.3) is 5.91 Å². The summed E-state index contributed by atoms with van der Waals surface area (Å²) in [6.07, 6.45) is 2.52. The van der Waals surface area contributed by atoms with E-state index in [0.717, 1.165) is 11.0 Å². The van der Waals surface area contributed by atoms with Gasteiger partial charge < -0.3 is 15.2 Å². The summed E-state index contributed by atoms with van der Waals surface area (Å²) in [4.78, 5) is 23.5. The standard InChI is InChI=1S/C14H19NO4S/c1-10(2)9-19-8-7-15-14(18)12-5-3-11(20-12)4-6-13(16)17/h3-6,10H,7-9H2,1-2H3,(H,15,18)(H,16,17)/b6-4+. The van der Waals surface area contributed by atoms with Gasteiger partial charge in [0.1, 0.15) is 0 Å². The van der Waals surface area contributed by atoms with Crippen LogP contribution in [0.4, 0.5) is 0 Å². The van der Waals surface area contributed by atoms with Crippen LogP contribution in [0.2, 0.25) is 0 Å². The first-order valence-electron chi connectivity index (χ1n) is 6.36. The summed E-state index contributed by atoms with van der Waals surface area (Å²) in [6.45, 7) is 5.76. The summed E-state index contributed by atoms with van der Waals surface area (Å²) < 4.78 is 5.36. The van der Waals surface area contributed by atoms with Gasteiger partial charge in [0.2, 0.25) is 0 Å². The van der Waals surface area contributed by atoms with Crippen molar-refractivity contribution in [2.75, 3.05) is 19.8 Å². The van der Waals surface area contributed by atoms with E-state index in [1.54, 1.807) is 12.1 Å². The fourth-order valence-corrected chi connectivity index (χ4v) is 2.19. The Labute approximate surface area is 122 Å². The Morgan fingerprint density at radius 2 is 2.20 bits per heavy atom. The van der Waals surface area contributed by atoms with Crippen molar-refractivity contribution in [2.24, 2.45) is 5.92 Å². The minimum Gasteiger partial charge on any atom is -0.478 e. The van der Waals surface area contributed by atoms with Crippen molar-refractivity contribution in [3.05, 3.63) is 28.0 Å². The highest BCUT2D eigenvalue weighted by Gasteiger charge is 2.07. The Hall–Kier alpha value is -1.66. The molecule has 0 aliphatic carbocycles. The zero-order chi connectivity index (χ0) is 15.0. The second-order valence-electron chi connectivity index (χ2n) is 4.60. The maximum absolute atomic E-state index is 11.8. The average molecular weight is 297 g/mol. The fraction of sp³-hybridized carbons (Fsp3) is 0.429. The highest BCUT2D eigenvalue weighted by Crippen LogP contribution is 2.17. The van der Waals surface area contributed by atoms with Crippen LogP contribution in [0.15, 0.2) is 18.2 Å². The number of thiophene rings is 1. The molecule has 5 nitrogen and oxygen atoms in total. The first kappa shape index (κ1) is 16.4. The fourth-order valence-electron chi connectivity index (χ4n) is 1.36. The van der Waals surface area contributed by atoms with E-state index in [4.69, 9.17) is 9.84 Å². The molecule has 20 heavy (non-hydrogen) atoms. The van der Waals surface area contributed by atoms with Gasteiger partial charge in [-0.1, -0.05) is 13.8 Å². The molecular weight excluding hydrogens is 278 g/mol. The quantitative estimate of drug-likeness (QED) is 0.570. The predicted molar refractivity (Wildman–Crippen MR) is 79.0 cm³/mol. The molecule has 2 N–H and O–H groups in total. The van der Waals surface area contributed by atoms with E-state index in [-0.39, 0.29) is 5.91 Å². The number of nitrogens with one attached hydrogen (secondary N) is 1. The van der Waals surface area contributed by atoms with Crippen molar-refractivity contribution >= 4 is 29.3 Å². The molecule has 0 fully saturated rings. The maximum atomic E-state index is 11.8. The molecule has 0 bridgehead atoms. The number of carbonyl (C=O) groups excluding carboxylic acids is 1. The van der Waals surface area contributed by atoms with Gasteiger partial charge in [-0.2, -0.15) is 0 Å². The largest absolute Gasteiger partial charge is 0.478 e. The number of carbonyl (C=O) groups is 2. The number of rotatable bonds is 8. The van der Waals surface area contributed by atoms with E-state index < -0.39 is 5.97 Å². The van der Waals surface area contributed by atoms with Gasteiger partial charge in [0, 0.05) is 24.1 Å². The van der Waals surface area contributed by atoms with Gasteiger partial charge in [0.05, 0.1) is 11.5 Å². The van der Waals surface area contributed by atoms with Crippen molar-refractivity contribution in [3.63, 3.8) is 0 Å². The number of carboxylic acid groups (broad SMARTS) is 1. The third-order valence-corrected chi connectivity index (χ3v) is 3.27. The zero-order valence-electron chi connectivity index (χ0n) is 11.6. The van der Waals surface area contributed by atoms with Gasteiger partial charge in [-0.05, 0) is 24.1 Å². The minimum absolute atomic E-state index is 0.168. The molecule has 0 saturated carbocycles. The number of amides is 1. The zero-order valence-corrected chi connectivity index (χ0v) is 12.4. The van der Waals surface area contributed by atoms with Crippen LogP contribution in [0.3, 0.4) is 0 Å². The molecule has 1 rings (SSSR count). The Morgan fingerprint density at radius 1 is 1.45 bits per heavy atom. The molecule has 0 aromatic carbocycles. The van der Waals surface area contributed by atoms with Crippen molar-refractivity contribution in [1.29, 1.82) is 0 Å². The van der Waals surface area contributed by atoms with E-state index in [0.29, 0.717) is 30.6 Å². The minimum atomic E-state index is -1.01. The van der Waals surface area contributed by atoms with Crippen LogP contribution in [0, 0.1) is 5.92 Å². The first-order valence-corrected chi connectivity index (χ1v) is 7.17. The van der Waals surface area contributed by atoms with Gasteiger partial charge in [0.15, 0.2) is 0 Å². The lowest BCUT2D eigenvalue weighted by atomic mass is 10.2. The molecular formula is C14H19NO4S. The maximum Gasteiger partial charge on any atom is 0.328 e. The van der Waals surface area contributed by atoms with Crippen LogP contribution in [0.25, 0.3) is 6.08 Å². The molecule has 0 unspecified atom stereocenters. The summed E-state index contributed by atoms with van der Waals surface area (Å²) in [5, 5.41) is 11.3. The molecule has 1 heterocycles. The van der Waals surface area contributed by atoms with Crippen LogP contribution in [-0.4, -0.2) is 36.7 Å². The van der Waals surface area contributed by atoms with Gasteiger partial charge in [-0.3, -0.25) is 4.79 Å². The number of hydrogen-bond donors (Lipinski definition) is 2. The van der Waals surface area contributed by atoms with Crippen LogP contribution >= 0.6 is 11.3 Å². The molecule has 1 aromatic rings. The Bertz CT molecular complexity index is 479. The molecule has 110 valence electrons. The first-order chi connectivity index (χ1) is 9.49. The number of hydrogen-bond acceptors (Lipinski definition) is 4. The molecule has 1 aromatic heterocycles. The topological polar surface area (TPSA) is 75.6 Å². The lowest BCUT2D eigenvalue weighted by Crippen LogP contribution is -2.26.